The quantitative estimate of drug-likeness (QED) is 0.539. The number of nitrogens with one attached hydrogen (secondary N) is 1. The molecule has 7 heteroatoms. The van der Waals surface area contributed by atoms with Gasteiger partial charge in [-0.2, -0.15) is 9.61 Å². The van der Waals surface area contributed by atoms with Crippen molar-refractivity contribution in [3.8, 4) is 11.5 Å². The third kappa shape index (κ3) is 2.26. The molecule has 1 aromatic carbocycles. The highest BCUT2D eigenvalue weighted by Gasteiger charge is 2.10. The van der Waals surface area contributed by atoms with Crippen molar-refractivity contribution in [3.63, 3.8) is 0 Å². The molecule has 7 nitrogen and oxygen atoms in total. The molecular weight excluding hydrogens is 296 g/mol. The maximum Gasteiger partial charge on any atom is 0.276 e. The minimum absolute atomic E-state index is 0.208. The van der Waals surface area contributed by atoms with Gasteiger partial charge in [0, 0.05) is 0 Å². The molecule has 0 spiro atoms. The van der Waals surface area contributed by atoms with E-state index in [2.05, 4.69) is 15.1 Å². The van der Waals surface area contributed by atoms with E-state index < -0.39 is 0 Å². The van der Waals surface area contributed by atoms with Crippen LogP contribution >= 0.6 is 0 Å². The summed E-state index contributed by atoms with van der Waals surface area (Å²) in [6, 6.07) is 4.36. The Balaban J connectivity index is 1.99. The van der Waals surface area contributed by atoms with Gasteiger partial charge >= 0.3 is 0 Å². The van der Waals surface area contributed by atoms with Gasteiger partial charge in [-0.25, -0.2) is 4.98 Å². The monoisotopic (exact) mass is 310 g/mol. The number of imidazole rings is 1. The van der Waals surface area contributed by atoms with Crippen molar-refractivity contribution in [1.82, 2.24) is 19.6 Å². The molecule has 1 aliphatic rings. The van der Waals surface area contributed by atoms with Crippen molar-refractivity contribution < 1.29 is 10.2 Å². The predicted molar refractivity (Wildman–Crippen MR) is 83.6 cm³/mol. The number of rotatable bonds is 1. The van der Waals surface area contributed by atoms with Gasteiger partial charge in [0.25, 0.3) is 5.56 Å². The number of phenols is 2. The average Bonchev–Trinajstić information content (AvgIpc) is 2.84. The normalized spacial score (nSPS) is 14.7. The van der Waals surface area contributed by atoms with Gasteiger partial charge < -0.3 is 10.2 Å². The lowest BCUT2D eigenvalue weighted by Crippen LogP contribution is -2.30. The van der Waals surface area contributed by atoms with Crippen LogP contribution in [0.2, 0.25) is 0 Å². The number of nitrogens with zero attached hydrogens (tertiary/aromatic N) is 3. The molecule has 0 saturated carbocycles. The Bertz CT molecular complexity index is 1090. The van der Waals surface area contributed by atoms with E-state index in [0.717, 1.165) is 30.3 Å². The fraction of sp³-hybridized carbons (Fsp3) is 0.188. The molecule has 0 radical (unpaired) electrons. The number of fused-ring (bicyclic) bond motifs is 2. The van der Waals surface area contributed by atoms with E-state index in [1.54, 1.807) is 12.1 Å². The number of benzene rings is 1. The predicted octanol–water partition coefficient (Wildman–Crippen LogP) is -0.226. The molecule has 0 amide bonds. The van der Waals surface area contributed by atoms with E-state index in [4.69, 9.17) is 0 Å². The lowest BCUT2D eigenvalue weighted by molar-refractivity contribution is 0.403. The van der Waals surface area contributed by atoms with Crippen LogP contribution in [0.3, 0.4) is 0 Å². The van der Waals surface area contributed by atoms with Crippen LogP contribution in [0, 0.1) is 0 Å². The molecule has 0 atom stereocenters. The Kier molecular flexibility index (Phi) is 2.94. The van der Waals surface area contributed by atoms with Crippen molar-refractivity contribution in [2.45, 2.75) is 19.3 Å². The first kappa shape index (κ1) is 13.6. The van der Waals surface area contributed by atoms with E-state index in [1.807, 2.05) is 6.08 Å². The number of hydrogen-bond acceptors (Lipinski definition) is 5. The summed E-state index contributed by atoms with van der Waals surface area (Å²) in [7, 11) is 0. The van der Waals surface area contributed by atoms with Gasteiger partial charge in [-0.1, -0.05) is 12.1 Å². The molecule has 23 heavy (non-hydrogen) atoms. The molecule has 0 unspecified atom stereocenters. The fourth-order valence-electron chi connectivity index (χ4n) is 2.72. The second kappa shape index (κ2) is 4.98. The summed E-state index contributed by atoms with van der Waals surface area (Å²) in [5.41, 5.74) is 1.15. The van der Waals surface area contributed by atoms with Gasteiger partial charge in [0.15, 0.2) is 11.5 Å². The molecule has 3 N–H and O–H groups in total. The van der Waals surface area contributed by atoms with Gasteiger partial charge in [0.2, 0.25) is 5.78 Å². The maximum atomic E-state index is 12.2. The number of hydrogen-bond donors (Lipinski definition) is 3. The summed E-state index contributed by atoms with van der Waals surface area (Å²) in [5.74, 6) is -0.0595. The van der Waals surface area contributed by atoms with Crippen molar-refractivity contribution in [1.29, 1.82) is 0 Å². The average molecular weight is 310 g/mol. The highest BCUT2D eigenvalue weighted by atomic mass is 16.3. The molecule has 1 aliphatic carbocycles. The summed E-state index contributed by atoms with van der Waals surface area (Å²) < 4.78 is 1.49. The zero-order valence-corrected chi connectivity index (χ0v) is 12.2. The van der Waals surface area contributed by atoms with Gasteiger partial charge in [-0.05, 0) is 43.0 Å². The van der Waals surface area contributed by atoms with Crippen LogP contribution in [0.4, 0.5) is 0 Å². The summed E-state index contributed by atoms with van der Waals surface area (Å²) in [4.78, 5) is 19.3. The highest BCUT2D eigenvalue weighted by Crippen LogP contribution is 2.24. The van der Waals surface area contributed by atoms with E-state index in [0.29, 0.717) is 16.7 Å². The molecule has 0 saturated heterocycles. The number of H-pyrrole nitrogens is 1. The first-order chi connectivity index (χ1) is 11.1. The number of aryl methyl sites for hydroxylation is 1. The third-order valence-corrected chi connectivity index (χ3v) is 3.89. The molecule has 2 aromatic heterocycles. The molecule has 3 aromatic rings. The number of phenolic OH excluding ortho intramolecular Hbond substituents is 2. The molecule has 0 fully saturated rings. The van der Waals surface area contributed by atoms with Crippen molar-refractivity contribution in [2.24, 2.45) is 0 Å². The molecule has 0 aliphatic heterocycles. The topological polar surface area (TPSA) is 104 Å². The van der Waals surface area contributed by atoms with E-state index in [-0.39, 0.29) is 17.1 Å². The zero-order valence-electron chi connectivity index (χ0n) is 12.2. The molecule has 4 rings (SSSR count). The zero-order chi connectivity index (χ0) is 16.0. The molecular formula is C16H14N4O3. The Morgan fingerprint density at radius 1 is 1.26 bits per heavy atom. The smallest absolute Gasteiger partial charge is 0.276 e. The maximum absolute atomic E-state index is 12.2. The largest absolute Gasteiger partial charge is 0.504 e. The summed E-state index contributed by atoms with van der Waals surface area (Å²) in [5, 5.41) is 24.6. The second-order valence-corrected chi connectivity index (χ2v) is 5.51. The van der Waals surface area contributed by atoms with Crippen LogP contribution in [-0.2, 0) is 6.42 Å². The Labute approximate surface area is 129 Å². The minimum Gasteiger partial charge on any atom is -0.504 e. The van der Waals surface area contributed by atoms with Crippen LogP contribution in [-0.4, -0.2) is 29.8 Å². The molecule has 0 bridgehead atoms. The summed E-state index contributed by atoms with van der Waals surface area (Å²) in [6.45, 7) is 0. The van der Waals surface area contributed by atoms with Crippen LogP contribution in [0.1, 0.15) is 24.1 Å². The summed E-state index contributed by atoms with van der Waals surface area (Å²) >= 11 is 0. The van der Waals surface area contributed by atoms with Crippen LogP contribution < -0.4 is 16.3 Å². The van der Waals surface area contributed by atoms with Gasteiger partial charge in [0.05, 0.1) is 11.0 Å². The first-order valence-electron chi connectivity index (χ1n) is 7.34. The van der Waals surface area contributed by atoms with E-state index >= 15 is 0 Å². The first-order valence-corrected chi connectivity index (χ1v) is 7.34. The molecule has 116 valence electrons. The SMILES string of the molecule is O=c1[nH]c2nc3c(nn2/c1=C\c1ccc(O)c(O)c1)CCCC=3. The van der Waals surface area contributed by atoms with E-state index in [1.165, 1.54) is 16.6 Å². The number of aromatic amines is 1. The lowest BCUT2D eigenvalue weighted by Gasteiger charge is -2.06. The Morgan fingerprint density at radius 2 is 2.13 bits per heavy atom. The van der Waals surface area contributed by atoms with Crippen LogP contribution in [0.15, 0.2) is 23.0 Å². The Hall–Kier alpha value is -3.09. The van der Waals surface area contributed by atoms with Gasteiger partial charge in [-0.3, -0.25) is 9.78 Å². The molecule has 2 heterocycles. The van der Waals surface area contributed by atoms with Crippen LogP contribution in [0.25, 0.3) is 17.9 Å². The standard InChI is InChI=1S/C16H14N4O3/c21-13-6-5-9(8-14(13)22)7-12-15(23)18-16-17-10-3-1-2-4-11(10)19-20(12)16/h3,5-8,21-22H,1-2,4H2,(H,17,18,23)/b12-7-. The fourth-order valence-corrected chi connectivity index (χ4v) is 2.72. The van der Waals surface area contributed by atoms with E-state index in [9.17, 15) is 15.0 Å². The lowest BCUT2D eigenvalue weighted by atomic mass is 10.1. The van der Waals surface area contributed by atoms with Crippen molar-refractivity contribution in [3.05, 3.63) is 50.5 Å². The van der Waals surface area contributed by atoms with Crippen molar-refractivity contribution in [2.75, 3.05) is 0 Å². The second-order valence-electron chi connectivity index (χ2n) is 5.51. The highest BCUT2D eigenvalue weighted by molar-refractivity contribution is 5.55. The van der Waals surface area contributed by atoms with Gasteiger partial charge in [0.1, 0.15) is 5.35 Å². The van der Waals surface area contributed by atoms with Crippen LogP contribution in [0.5, 0.6) is 11.5 Å². The third-order valence-electron chi connectivity index (χ3n) is 3.89. The van der Waals surface area contributed by atoms with Crippen molar-refractivity contribution >= 4 is 17.9 Å². The minimum atomic E-state index is -0.306. The Morgan fingerprint density at radius 3 is 2.96 bits per heavy atom. The van der Waals surface area contributed by atoms with Gasteiger partial charge in [-0.15, -0.1) is 0 Å². The number of aromatic hydroxyl groups is 2. The summed E-state index contributed by atoms with van der Waals surface area (Å²) in [6.07, 6.45) is 6.44. The number of aromatic nitrogens is 4.